The van der Waals surface area contributed by atoms with Crippen LogP contribution in [0.1, 0.15) is 15.9 Å². The van der Waals surface area contributed by atoms with Gasteiger partial charge in [0.05, 0.1) is 17.7 Å². The molecular formula is C11H8ClFO3. The smallest absolute Gasteiger partial charge is 0.330 e. The average Bonchev–Trinajstić information content (AvgIpc) is 2.25. The lowest BCUT2D eigenvalue weighted by Gasteiger charge is -2.00. The lowest BCUT2D eigenvalue weighted by Crippen LogP contribution is -1.94. The highest BCUT2D eigenvalue weighted by Crippen LogP contribution is 2.20. The first kappa shape index (κ1) is 12.4. The second kappa shape index (κ2) is 5.42. The van der Waals surface area contributed by atoms with Crippen molar-refractivity contribution in [1.29, 1.82) is 0 Å². The van der Waals surface area contributed by atoms with Crippen molar-refractivity contribution >= 4 is 29.9 Å². The number of hydrogen-bond donors (Lipinski definition) is 0. The van der Waals surface area contributed by atoms with Gasteiger partial charge in [-0.25, -0.2) is 9.18 Å². The zero-order chi connectivity index (χ0) is 12.1. The summed E-state index contributed by atoms with van der Waals surface area (Å²) in [6.07, 6.45) is 2.81. The highest BCUT2D eigenvalue weighted by molar-refractivity contribution is 6.33. The van der Waals surface area contributed by atoms with Crippen LogP contribution in [-0.2, 0) is 9.53 Å². The summed E-state index contributed by atoms with van der Waals surface area (Å²) >= 11 is 5.66. The lowest BCUT2D eigenvalue weighted by molar-refractivity contribution is -0.134. The largest absolute Gasteiger partial charge is 0.466 e. The van der Waals surface area contributed by atoms with Gasteiger partial charge in [-0.2, -0.15) is 0 Å². The first-order chi connectivity index (χ1) is 7.58. The summed E-state index contributed by atoms with van der Waals surface area (Å²) < 4.78 is 17.6. The van der Waals surface area contributed by atoms with Gasteiger partial charge in [0.1, 0.15) is 5.82 Å². The van der Waals surface area contributed by atoms with Gasteiger partial charge in [-0.3, -0.25) is 4.79 Å². The Hall–Kier alpha value is -1.68. The summed E-state index contributed by atoms with van der Waals surface area (Å²) in [4.78, 5) is 21.2. The van der Waals surface area contributed by atoms with Crippen LogP contribution in [-0.4, -0.2) is 19.4 Å². The fourth-order valence-electron chi connectivity index (χ4n) is 1.05. The van der Waals surface area contributed by atoms with E-state index in [1.807, 2.05) is 0 Å². The molecule has 0 fully saturated rings. The molecule has 1 aromatic rings. The Morgan fingerprint density at radius 1 is 1.50 bits per heavy atom. The average molecular weight is 243 g/mol. The maximum Gasteiger partial charge on any atom is 0.330 e. The molecule has 0 amide bonds. The van der Waals surface area contributed by atoms with E-state index in [9.17, 15) is 14.0 Å². The molecule has 1 rings (SSSR count). The van der Waals surface area contributed by atoms with E-state index in [2.05, 4.69) is 4.74 Å². The minimum absolute atomic E-state index is 0.000448. The van der Waals surface area contributed by atoms with Crippen LogP contribution in [0.4, 0.5) is 4.39 Å². The van der Waals surface area contributed by atoms with Crippen molar-refractivity contribution in [2.75, 3.05) is 7.11 Å². The minimum Gasteiger partial charge on any atom is -0.466 e. The van der Waals surface area contributed by atoms with Crippen LogP contribution >= 0.6 is 11.6 Å². The number of ether oxygens (including phenoxy) is 1. The van der Waals surface area contributed by atoms with Crippen molar-refractivity contribution in [2.45, 2.75) is 0 Å². The molecule has 0 aliphatic heterocycles. The van der Waals surface area contributed by atoms with Gasteiger partial charge in [-0.1, -0.05) is 11.6 Å². The van der Waals surface area contributed by atoms with E-state index in [4.69, 9.17) is 11.6 Å². The van der Waals surface area contributed by atoms with Crippen molar-refractivity contribution in [2.24, 2.45) is 0 Å². The number of benzene rings is 1. The number of halogens is 2. The summed E-state index contributed by atoms with van der Waals surface area (Å²) in [6.45, 7) is 0. The fourth-order valence-corrected chi connectivity index (χ4v) is 1.31. The highest BCUT2D eigenvalue weighted by Gasteiger charge is 2.07. The predicted molar refractivity (Wildman–Crippen MR) is 57.8 cm³/mol. The first-order valence-corrected chi connectivity index (χ1v) is 4.66. The van der Waals surface area contributed by atoms with Crippen molar-refractivity contribution in [1.82, 2.24) is 0 Å². The molecule has 0 heterocycles. The van der Waals surface area contributed by atoms with Crippen LogP contribution in [0.15, 0.2) is 18.2 Å². The Balaban J connectivity index is 3.05. The lowest BCUT2D eigenvalue weighted by atomic mass is 10.1. The highest BCUT2D eigenvalue weighted by atomic mass is 35.5. The van der Waals surface area contributed by atoms with Gasteiger partial charge < -0.3 is 4.74 Å². The van der Waals surface area contributed by atoms with Crippen molar-refractivity contribution in [3.05, 3.63) is 40.2 Å². The molecule has 0 radical (unpaired) electrons. The Bertz CT molecular complexity index is 432. The summed E-state index contributed by atoms with van der Waals surface area (Å²) in [6, 6.07) is 2.49. The Labute approximate surface area is 96.5 Å². The second-order valence-electron chi connectivity index (χ2n) is 2.87. The van der Waals surface area contributed by atoms with Gasteiger partial charge in [0.25, 0.3) is 0 Å². The zero-order valence-corrected chi connectivity index (χ0v) is 9.12. The molecule has 0 unspecified atom stereocenters. The van der Waals surface area contributed by atoms with Crippen LogP contribution in [0.25, 0.3) is 6.08 Å². The Morgan fingerprint density at radius 2 is 2.19 bits per heavy atom. The minimum atomic E-state index is -0.730. The van der Waals surface area contributed by atoms with E-state index in [0.717, 1.165) is 12.1 Å². The first-order valence-electron chi connectivity index (χ1n) is 4.28. The third-order valence-corrected chi connectivity index (χ3v) is 2.14. The van der Waals surface area contributed by atoms with Gasteiger partial charge in [0.2, 0.25) is 0 Å². The van der Waals surface area contributed by atoms with E-state index >= 15 is 0 Å². The third-order valence-electron chi connectivity index (χ3n) is 1.83. The van der Waals surface area contributed by atoms with Crippen molar-refractivity contribution in [3.8, 4) is 0 Å². The number of aldehydes is 1. The Kier molecular flexibility index (Phi) is 4.19. The van der Waals surface area contributed by atoms with Crippen LogP contribution in [0.2, 0.25) is 5.02 Å². The zero-order valence-electron chi connectivity index (χ0n) is 8.37. The van der Waals surface area contributed by atoms with Crippen molar-refractivity contribution < 1.29 is 18.7 Å². The van der Waals surface area contributed by atoms with E-state index < -0.39 is 11.8 Å². The number of carbonyl (C=O) groups excluding carboxylic acids is 2. The third kappa shape index (κ3) is 2.90. The van der Waals surface area contributed by atoms with Gasteiger partial charge in [0, 0.05) is 6.08 Å². The number of methoxy groups -OCH3 is 1. The van der Waals surface area contributed by atoms with Crippen LogP contribution in [0.3, 0.4) is 0 Å². The number of hydrogen-bond acceptors (Lipinski definition) is 3. The standard InChI is InChI=1S/C11H8ClFO3/c1-16-11(15)3-2-7-4-9(12)8(6-14)10(13)5-7/h2-6H,1H3/b3-2+. The molecule has 0 aliphatic rings. The van der Waals surface area contributed by atoms with E-state index in [1.54, 1.807) is 0 Å². The van der Waals surface area contributed by atoms with Crippen LogP contribution in [0.5, 0.6) is 0 Å². The molecule has 1 aromatic carbocycles. The van der Waals surface area contributed by atoms with Crippen LogP contribution < -0.4 is 0 Å². The van der Waals surface area contributed by atoms with Gasteiger partial charge in [-0.15, -0.1) is 0 Å². The van der Waals surface area contributed by atoms with E-state index in [1.165, 1.54) is 19.3 Å². The summed E-state index contributed by atoms with van der Waals surface area (Å²) in [5.74, 6) is -1.29. The molecule has 84 valence electrons. The molecule has 3 nitrogen and oxygen atoms in total. The van der Waals surface area contributed by atoms with Crippen LogP contribution in [0, 0.1) is 5.82 Å². The maximum absolute atomic E-state index is 13.3. The van der Waals surface area contributed by atoms with Gasteiger partial charge in [-0.05, 0) is 23.8 Å². The molecule has 0 bridgehead atoms. The molecule has 0 saturated carbocycles. The topological polar surface area (TPSA) is 43.4 Å². The van der Waals surface area contributed by atoms with E-state index in [-0.39, 0.29) is 10.6 Å². The van der Waals surface area contributed by atoms with Gasteiger partial charge >= 0.3 is 5.97 Å². The Morgan fingerprint density at radius 3 is 2.69 bits per heavy atom. The normalized spacial score (nSPS) is 10.4. The number of rotatable bonds is 3. The second-order valence-corrected chi connectivity index (χ2v) is 3.28. The van der Waals surface area contributed by atoms with E-state index in [0.29, 0.717) is 11.8 Å². The molecule has 0 N–H and O–H groups in total. The molecule has 0 atom stereocenters. The fraction of sp³-hybridized carbons (Fsp3) is 0.0909. The predicted octanol–water partition coefficient (Wildman–Crippen LogP) is 2.48. The molecule has 0 spiro atoms. The summed E-state index contributed by atoms with van der Waals surface area (Å²) in [5.41, 5.74) is 0.176. The maximum atomic E-state index is 13.3. The molecule has 0 saturated heterocycles. The monoisotopic (exact) mass is 242 g/mol. The molecule has 16 heavy (non-hydrogen) atoms. The summed E-state index contributed by atoms with van der Waals surface area (Å²) in [7, 11) is 1.23. The van der Waals surface area contributed by atoms with Crippen molar-refractivity contribution in [3.63, 3.8) is 0 Å². The molecular weight excluding hydrogens is 235 g/mol. The number of carbonyl (C=O) groups is 2. The SMILES string of the molecule is COC(=O)/C=C/c1cc(F)c(C=O)c(Cl)c1. The number of esters is 1. The quantitative estimate of drug-likeness (QED) is 0.465. The summed E-state index contributed by atoms with van der Waals surface area (Å²) in [5, 5.41) is -0.000448. The molecule has 0 aromatic heterocycles. The molecule has 0 aliphatic carbocycles. The molecule has 5 heteroatoms. The van der Waals surface area contributed by atoms with Gasteiger partial charge in [0.15, 0.2) is 6.29 Å².